The minimum atomic E-state index is -0.527. The van der Waals surface area contributed by atoms with Gasteiger partial charge in [-0.2, -0.15) is 0 Å². The number of carbonyl (C=O) groups is 2. The summed E-state index contributed by atoms with van der Waals surface area (Å²) in [5.74, 6) is -0.828. The molecule has 1 atom stereocenters. The molecular weight excluding hydrogens is 268 g/mol. The van der Waals surface area contributed by atoms with Crippen molar-refractivity contribution in [1.29, 1.82) is 0 Å². The van der Waals surface area contributed by atoms with Crippen LogP contribution in [0.3, 0.4) is 0 Å². The number of amides is 2. The Bertz CT molecular complexity index is 513. The highest BCUT2D eigenvalue weighted by atomic mass is 16.3. The number of benzene rings is 1. The van der Waals surface area contributed by atoms with E-state index < -0.39 is 11.8 Å². The van der Waals surface area contributed by atoms with E-state index in [-0.39, 0.29) is 11.8 Å². The third-order valence-electron chi connectivity index (χ3n) is 4.08. The molecule has 1 heterocycles. The van der Waals surface area contributed by atoms with Crippen LogP contribution in [0.5, 0.6) is 5.75 Å². The van der Waals surface area contributed by atoms with E-state index in [4.69, 9.17) is 0 Å². The molecule has 0 aromatic heterocycles. The fourth-order valence-electron chi connectivity index (χ4n) is 2.75. The average Bonchev–Trinajstić information content (AvgIpc) is 2.53. The maximum absolute atomic E-state index is 12.4. The van der Waals surface area contributed by atoms with Crippen LogP contribution in [0.2, 0.25) is 0 Å². The first kappa shape index (κ1) is 15.4. The number of likely N-dealkylation sites (N-methyl/N-ethyl adjacent to an activating group) is 1. The average molecular weight is 290 g/mol. The zero-order valence-corrected chi connectivity index (χ0v) is 12.6. The van der Waals surface area contributed by atoms with Crippen LogP contribution in [0.4, 0.5) is 5.69 Å². The van der Waals surface area contributed by atoms with Crippen molar-refractivity contribution in [2.24, 2.45) is 0 Å². The number of piperidine rings is 1. The van der Waals surface area contributed by atoms with Gasteiger partial charge in [0.15, 0.2) is 0 Å². The van der Waals surface area contributed by atoms with Gasteiger partial charge in [0.2, 0.25) is 0 Å². The number of rotatable bonds is 2. The van der Waals surface area contributed by atoms with Crippen LogP contribution in [0.25, 0.3) is 0 Å². The third-order valence-corrected chi connectivity index (χ3v) is 4.08. The van der Waals surface area contributed by atoms with Gasteiger partial charge in [0.05, 0.1) is 0 Å². The molecule has 0 saturated carbocycles. The molecule has 0 spiro atoms. The Morgan fingerprint density at radius 3 is 2.57 bits per heavy atom. The summed E-state index contributed by atoms with van der Waals surface area (Å²) in [6.45, 7) is 2.71. The van der Waals surface area contributed by atoms with Crippen LogP contribution in [0, 0.1) is 0 Å². The van der Waals surface area contributed by atoms with Crippen LogP contribution < -0.4 is 4.90 Å². The van der Waals surface area contributed by atoms with E-state index in [0.29, 0.717) is 12.2 Å². The van der Waals surface area contributed by atoms with E-state index in [1.807, 2.05) is 6.92 Å². The SMILES string of the molecule is CCC1CCCCN1C(=O)C(=O)N(C)c1ccc(O)cc1. The maximum Gasteiger partial charge on any atom is 0.316 e. The maximum atomic E-state index is 12.4. The van der Waals surface area contributed by atoms with Crippen molar-refractivity contribution >= 4 is 17.5 Å². The van der Waals surface area contributed by atoms with Gasteiger partial charge in [0.25, 0.3) is 0 Å². The Balaban J connectivity index is 2.10. The molecule has 0 radical (unpaired) electrons. The van der Waals surface area contributed by atoms with Gasteiger partial charge >= 0.3 is 11.8 Å². The van der Waals surface area contributed by atoms with E-state index in [0.717, 1.165) is 25.7 Å². The molecule has 1 aliphatic rings. The van der Waals surface area contributed by atoms with Gasteiger partial charge in [0.1, 0.15) is 5.75 Å². The molecule has 0 aliphatic carbocycles. The number of likely N-dealkylation sites (tertiary alicyclic amines) is 1. The van der Waals surface area contributed by atoms with Gasteiger partial charge in [-0.05, 0) is 49.9 Å². The lowest BCUT2D eigenvalue weighted by Crippen LogP contribution is -2.50. The summed E-state index contributed by atoms with van der Waals surface area (Å²) >= 11 is 0. The van der Waals surface area contributed by atoms with Crippen molar-refractivity contribution in [3.63, 3.8) is 0 Å². The molecule has 114 valence electrons. The van der Waals surface area contributed by atoms with E-state index in [1.165, 1.54) is 17.0 Å². The Kier molecular flexibility index (Phi) is 4.83. The van der Waals surface area contributed by atoms with Crippen LogP contribution in [0.1, 0.15) is 32.6 Å². The van der Waals surface area contributed by atoms with Crippen molar-refractivity contribution in [2.45, 2.75) is 38.6 Å². The van der Waals surface area contributed by atoms with Crippen molar-refractivity contribution in [1.82, 2.24) is 4.90 Å². The molecule has 1 aliphatic heterocycles. The quantitative estimate of drug-likeness (QED) is 0.849. The lowest BCUT2D eigenvalue weighted by atomic mass is 10.00. The molecule has 5 nitrogen and oxygen atoms in total. The minimum Gasteiger partial charge on any atom is -0.508 e. The van der Waals surface area contributed by atoms with E-state index in [9.17, 15) is 14.7 Å². The Hall–Kier alpha value is -2.04. The highest BCUT2D eigenvalue weighted by Crippen LogP contribution is 2.22. The van der Waals surface area contributed by atoms with Gasteiger partial charge in [0, 0.05) is 25.3 Å². The second-order valence-electron chi connectivity index (χ2n) is 5.44. The molecular formula is C16H22N2O3. The smallest absolute Gasteiger partial charge is 0.316 e. The van der Waals surface area contributed by atoms with Gasteiger partial charge in [-0.15, -0.1) is 0 Å². The van der Waals surface area contributed by atoms with Crippen molar-refractivity contribution in [2.75, 3.05) is 18.5 Å². The normalized spacial score (nSPS) is 18.4. The first-order valence-corrected chi connectivity index (χ1v) is 7.42. The summed E-state index contributed by atoms with van der Waals surface area (Å²) in [6.07, 6.45) is 3.92. The number of carbonyl (C=O) groups excluding carboxylic acids is 2. The van der Waals surface area contributed by atoms with Gasteiger partial charge < -0.3 is 14.9 Å². The Morgan fingerprint density at radius 2 is 1.95 bits per heavy atom. The lowest BCUT2D eigenvalue weighted by molar-refractivity contribution is -0.146. The molecule has 5 heteroatoms. The topological polar surface area (TPSA) is 60.9 Å². The number of nitrogens with zero attached hydrogens (tertiary/aromatic N) is 2. The lowest BCUT2D eigenvalue weighted by Gasteiger charge is -2.35. The highest BCUT2D eigenvalue weighted by molar-refractivity contribution is 6.40. The first-order chi connectivity index (χ1) is 10.0. The van der Waals surface area contributed by atoms with Crippen LogP contribution in [-0.4, -0.2) is 41.5 Å². The zero-order chi connectivity index (χ0) is 15.4. The van der Waals surface area contributed by atoms with Crippen molar-refractivity contribution in [3.05, 3.63) is 24.3 Å². The van der Waals surface area contributed by atoms with Crippen molar-refractivity contribution in [3.8, 4) is 5.75 Å². The zero-order valence-electron chi connectivity index (χ0n) is 12.6. The Labute approximate surface area is 125 Å². The predicted molar refractivity (Wildman–Crippen MR) is 81.2 cm³/mol. The number of hydrogen-bond donors (Lipinski definition) is 1. The molecule has 1 fully saturated rings. The standard InChI is InChI=1S/C16H22N2O3/c1-3-12-6-4-5-11-18(12)16(21)15(20)17(2)13-7-9-14(19)10-8-13/h7-10,12,19H,3-6,11H2,1-2H3. The molecule has 2 rings (SSSR count). The molecule has 1 aromatic carbocycles. The van der Waals surface area contributed by atoms with Gasteiger partial charge in [-0.25, -0.2) is 0 Å². The molecule has 1 aromatic rings. The number of phenols is 1. The van der Waals surface area contributed by atoms with Crippen LogP contribution in [0.15, 0.2) is 24.3 Å². The number of aromatic hydroxyl groups is 1. The van der Waals surface area contributed by atoms with Crippen LogP contribution in [-0.2, 0) is 9.59 Å². The monoisotopic (exact) mass is 290 g/mol. The summed E-state index contributed by atoms with van der Waals surface area (Å²) in [6, 6.07) is 6.41. The van der Waals surface area contributed by atoms with E-state index >= 15 is 0 Å². The molecule has 1 N–H and O–H groups in total. The fraction of sp³-hybridized carbons (Fsp3) is 0.500. The molecule has 21 heavy (non-hydrogen) atoms. The fourth-order valence-corrected chi connectivity index (χ4v) is 2.75. The van der Waals surface area contributed by atoms with Crippen molar-refractivity contribution < 1.29 is 14.7 Å². The molecule has 1 saturated heterocycles. The number of anilines is 1. The highest BCUT2D eigenvalue weighted by Gasteiger charge is 2.31. The summed E-state index contributed by atoms with van der Waals surface area (Å²) in [7, 11) is 1.58. The predicted octanol–water partition coefficient (Wildman–Crippen LogP) is 2.15. The largest absolute Gasteiger partial charge is 0.508 e. The summed E-state index contributed by atoms with van der Waals surface area (Å²) in [5, 5.41) is 9.28. The number of hydrogen-bond acceptors (Lipinski definition) is 3. The second kappa shape index (κ2) is 6.61. The van der Waals surface area contributed by atoms with Gasteiger partial charge in [-0.3, -0.25) is 9.59 Å². The summed E-state index contributed by atoms with van der Waals surface area (Å²) in [5.41, 5.74) is 0.594. The number of phenolic OH excluding ortho intramolecular Hbond substituents is 1. The second-order valence-corrected chi connectivity index (χ2v) is 5.44. The van der Waals surface area contributed by atoms with Gasteiger partial charge in [-0.1, -0.05) is 6.92 Å². The van der Waals surface area contributed by atoms with E-state index in [1.54, 1.807) is 24.1 Å². The molecule has 2 amide bonds. The molecule has 1 unspecified atom stereocenters. The van der Waals surface area contributed by atoms with Crippen LogP contribution >= 0.6 is 0 Å². The molecule has 0 bridgehead atoms. The third kappa shape index (κ3) is 3.35. The summed E-state index contributed by atoms with van der Waals surface area (Å²) in [4.78, 5) is 27.8. The Morgan fingerprint density at radius 1 is 1.29 bits per heavy atom. The first-order valence-electron chi connectivity index (χ1n) is 7.42. The minimum absolute atomic E-state index is 0.132. The summed E-state index contributed by atoms with van der Waals surface area (Å²) < 4.78 is 0. The van der Waals surface area contributed by atoms with E-state index in [2.05, 4.69) is 0 Å².